The van der Waals surface area contributed by atoms with Crippen molar-refractivity contribution in [2.75, 3.05) is 0 Å². The third-order valence-corrected chi connectivity index (χ3v) is 3.48. The van der Waals surface area contributed by atoms with Gasteiger partial charge in [0.05, 0.1) is 6.10 Å². The van der Waals surface area contributed by atoms with Crippen LogP contribution >= 0.6 is 0 Å². The van der Waals surface area contributed by atoms with Gasteiger partial charge in [0.15, 0.2) is 11.6 Å². The van der Waals surface area contributed by atoms with Gasteiger partial charge in [-0.3, -0.25) is 9.59 Å². The first kappa shape index (κ1) is 12.7. The van der Waals surface area contributed by atoms with Crippen molar-refractivity contribution in [3.05, 3.63) is 0 Å². The number of fused-ring (bicyclic) bond motifs is 2. The number of Topliss-reactive ketones (excluding diaryl/α,β-unsaturated/α-hetero) is 2. The molecule has 0 spiro atoms. The Labute approximate surface area is 102 Å². The van der Waals surface area contributed by atoms with Gasteiger partial charge in [0, 0.05) is 6.42 Å². The summed E-state index contributed by atoms with van der Waals surface area (Å²) in [7, 11) is 0. The molecule has 0 aromatic carbocycles. The minimum Gasteiger partial charge on any atom is -0.339 e. The Morgan fingerprint density at radius 3 is 2.59 bits per heavy atom. The normalized spacial score (nSPS) is 35.4. The Hall–Kier alpha value is -0.740. The van der Waals surface area contributed by atoms with E-state index in [1.54, 1.807) is 0 Å². The summed E-state index contributed by atoms with van der Waals surface area (Å²) in [5.74, 6) is -0.0528. The highest BCUT2D eigenvalue weighted by molar-refractivity contribution is 5.85. The fourth-order valence-corrected chi connectivity index (χ4v) is 2.50. The van der Waals surface area contributed by atoms with E-state index in [9.17, 15) is 9.59 Å². The Morgan fingerprint density at radius 1 is 1.12 bits per heavy atom. The monoisotopic (exact) mass is 240 g/mol. The van der Waals surface area contributed by atoms with Gasteiger partial charge in [-0.1, -0.05) is 25.7 Å². The molecule has 2 bridgehead atoms. The predicted octanol–water partition coefficient (Wildman–Crippen LogP) is 2.00. The molecule has 2 rings (SSSR count). The summed E-state index contributed by atoms with van der Waals surface area (Å²) in [6.07, 6.45) is 5.10. The summed E-state index contributed by atoms with van der Waals surface area (Å²) < 4.78 is 11.0. The fraction of sp³-hybridized carbons (Fsp3) is 0.846. The third kappa shape index (κ3) is 3.13. The van der Waals surface area contributed by atoms with Crippen LogP contribution in [0.25, 0.3) is 0 Å². The zero-order valence-electron chi connectivity index (χ0n) is 10.3. The van der Waals surface area contributed by atoms with Gasteiger partial charge in [0.2, 0.25) is 6.29 Å². The molecule has 17 heavy (non-hydrogen) atoms. The van der Waals surface area contributed by atoms with Gasteiger partial charge < -0.3 is 9.47 Å². The Bertz CT molecular complexity index is 300. The van der Waals surface area contributed by atoms with Crippen LogP contribution in [0.3, 0.4) is 0 Å². The van der Waals surface area contributed by atoms with Crippen LogP contribution in [0.15, 0.2) is 0 Å². The summed E-state index contributed by atoms with van der Waals surface area (Å²) in [5, 5.41) is 0. The summed E-state index contributed by atoms with van der Waals surface area (Å²) in [4.78, 5) is 23.3. The lowest BCUT2D eigenvalue weighted by atomic mass is 10.0. The average Bonchev–Trinajstić information content (AvgIpc) is 2.69. The van der Waals surface area contributed by atoms with Gasteiger partial charge in [-0.2, -0.15) is 0 Å². The topological polar surface area (TPSA) is 52.6 Å². The number of carbonyl (C=O) groups is 2. The number of rotatable bonds is 1. The van der Waals surface area contributed by atoms with E-state index in [4.69, 9.17) is 9.47 Å². The van der Waals surface area contributed by atoms with Crippen molar-refractivity contribution in [2.24, 2.45) is 0 Å². The van der Waals surface area contributed by atoms with Crippen LogP contribution in [0.5, 0.6) is 0 Å². The Balaban J connectivity index is 2.05. The van der Waals surface area contributed by atoms with Crippen LogP contribution in [0.2, 0.25) is 0 Å². The highest BCUT2D eigenvalue weighted by Gasteiger charge is 2.41. The number of ether oxygens (including phenoxy) is 2. The van der Waals surface area contributed by atoms with Crippen LogP contribution in [0, 0.1) is 0 Å². The maximum atomic E-state index is 11.8. The molecule has 0 amide bonds. The third-order valence-electron chi connectivity index (χ3n) is 3.48. The van der Waals surface area contributed by atoms with Gasteiger partial charge >= 0.3 is 0 Å². The molecule has 2 heterocycles. The fourth-order valence-electron chi connectivity index (χ4n) is 2.50. The number of ketones is 2. The molecule has 2 saturated heterocycles. The molecule has 0 aromatic rings. The predicted molar refractivity (Wildman–Crippen MR) is 61.5 cm³/mol. The molecule has 0 aliphatic carbocycles. The van der Waals surface area contributed by atoms with E-state index in [1.165, 1.54) is 6.92 Å². The van der Waals surface area contributed by atoms with E-state index >= 15 is 0 Å². The minimum absolute atomic E-state index is 0.0133. The van der Waals surface area contributed by atoms with Crippen LogP contribution in [-0.2, 0) is 19.1 Å². The van der Waals surface area contributed by atoms with E-state index in [0.717, 1.165) is 38.5 Å². The van der Waals surface area contributed by atoms with Crippen LogP contribution in [0.4, 0.5) is 0 Å². The lowest BCUT2D eigenvalue weighted by molar-refractivity contribution is -0.149. The Morgan fingerprint density at radius 2 is 1.82 bits per heavy atom. The summed E-state index contributed by atoms with van der Waals surface area (Å²) in [6, 6.07) is 0. The Kier molecular flexibility index (Phi) is 4.29. The molecule has 3 unspecified atom stereocenters. The summed E-state index contributed by atoms with van der Waals surface area (Å²) in [5.41, 5.74) is 0. The number of hydrogen-bond donors (Lipinski definition) is 0. The number of hydrogen-bond acceptors (Lipinski definition) is 4. The van der Waals surface area contributed by atoms with Gasteiger partial charge in [0.1, 0.15) is 6.10 Å². The lowest BCUT2D eigenvalue weighted by Gasteiger charge is -2.13. The molecule has 4 nitrogen and oxygen atoms in total. The van der Waals surface area contributed by atoms with Crippen molar-refractivity contribution >= 4 is 11.6 Å². The van der Waals surface area contributed by atoms with Crippen molar-refractivity contribution in [3.8, 4) is 0 Å². The SMILES string of the molecule is CC(=O)C1OC2OC1CCCCCCCC2=O. The second kappa shape index (κ2) is 5.74. The molecule has 0 aromatic heterocycles. The standard InChI is InChI=1S/C13H20O4/c1-9(14)12-11-8-6-4-2-3-5-7-10(15)13(16-11)17-12/h11-13H,2-8H2,1H3. The highest BCUT2D eigenvalue weighted by atomic mass is 16.7. The molecule has 4 heteroatoms. The summed E-state index contributed by atoms with van der Waals surface area (Å²) >= 11 is 0. The quantitative estimate of drug-likeness (QED) is 0.703. The molecule has 2 aliphatic heterocycles. The zero-order valence-corrected chi connectivity index (χ0v) is 10.3. The molecule has 0 radical (unpaired) electrons. The van der Waals surface area contributed by atoms with Gasteiger partial charge in [-0.15, -0.1) is 0 Å². The first-order valence-corrected chi connectivity index (χ1v) is 6.52. The van der Waals surface area contributed by atoms with E-state index in [1.807, 2.05) is 0 Å². The van der Waals surface area contributed by atoms with Gasteiger partial charge in [-0.05, 0) is 19.8 Å². The highest BCUT2D eigenvalue weighted by Crippen LogP contribution is 2.27. The van der Waals surface area contributed by atoms with Crippen molar-refractivity contribution in [2.45, 2.75) is 70.4 Å². The smallest absolute Gasteiger partial charge is 0.218 e. The maximum Gasteiger partial charge on any atom is 0.218 e. The van der Waals surface area contributed by atoms with E-state index in [-0.39, 0.29) is 17.7 Å². The van der Waals surface area contributed by atoms with Gasteiger partial charge in [-0.25, -0.2) is 0 Å². The van der Waals surface area contributed by atoms with Gasteiger partial charge in [0.25, 0.3) is 0 Å². The maximum absolute atomic E-state index is 11.8. The van der Waals surface area contributed by atoms with E-state index < -0.39 is 12.4 Å². The zero-order chi connectivity index (χ0) is 12.3. The number of carbonyl (C=O) groups excluding carboxylic acids is 2. The second-order valence-corrected chi connectivity index (χ2v) is 4.95. The molecule has 2 aliphatic rings. The second-order valence-electron chi connectivity index (χ2n) is 4.95. The minimum atomic E-state index is -0.799. The molecule has 0 saturated carbocycles. The van der Waals surface area contributed by atoms with Crippen molar-refractivity contribution < 1.29 is 19.1 Å². The van der Waals surface area contributed by atoms with Crippen molar-refractivity contribution in [1.29, 1.82) is 0 Å². The molecule has 3 atom stereocenters. The molecular weight excluding hydrogens is 220 g/mol. The first-order valence-electron chi connectivity index (χ1n) is 6.52. The van der Waals surface area contributed by atoms with Crippen LogP contribution in [0.1, 0.15) is 51.9 Å². The van der Waals surface area contributed by atoms with Crippen LogP contribution in [-0.4, -0.2) is 30.1 Å². The lowest BCUT2D eigenvalue weighted by Crippen LogP contribution is -2.29. The van der Waals surface area contributed by atoms with Crippen LogP contribution < -0.4 is 0 Å². The molecule has 2 fully saturated rings. The molecule has 0 N–H and O–H groups in total. The molecular formula is C13H20O4. The largest absolute Gasteiger partial charge is 0.339 e. The molecule has 96 valence electrons. The van der Waals surface area contributed by atoms with Crippen molar-refractivity contribution in [1.82, 2.24) is 0 Å². The average molecular weight is 240 g/mol. The van der Waals surface area contributed by atoms with E-state index in [2.05, 4.69) is 0 Å². The van der Waals surface area contributed by atoms with E-state index in [0.29, 0.717) is 6.42 Å². The first-order chi connectivity index (χ1) is 8.18. The van der Waals surface area contributed by atoms with Crippen molar-refractivity contribution in [3.63, 3.8) is 0 Å². The summed E-state index contributed by atoms with van der Waals surface area (Å²) in [6.45, 7) is 1.50.